The van der Waals surface area contributed by atoms with E-state index in [4.69, 9.17) is 10.1 Å². The molecule has 1 aliphatic rings. The SMILES string of the molecule is C=CCc1cc(/C=C2\SC(=N)[C@@H](c3nccs3)C2=O)cc(OCC)c1O. The summed E-state index contributed by atoms with van der Waals surface area (Å²) in [6.45, 7) is 5.97. The number of hydrogen-bond donors (Lipinski definition) is 2. The fourth-order valence-electron chi connectivity index (χ4n) is 2.69. The first-order valence-electron chi connectivity index (χ1n) is 8.06. The number of aromatic nitrogens is 1. The summed E-state index contributed by atoms with van der Waals surface area (Å²) in [6, 6.07) is 3.51. The van der Waals surface area contributed by atoms with Gasteiger partial charge in [0, 0.05) is 17.1 Å². The van der Waals surface area contributed by atoms with E-state index in [-0.39, 0.29) is 16.6 Å². The van der Waals surface area contributed by atoms with Crippen molar-refractivity contribution >= 4 is 40.0 Å². The summed E-state index contributed by atoms with van der Waals surface area (Å²) in [7, 11) is 0. The molecule has 0 unspecified atom stereocenters. The van der Waals surface area contributed by atoms with Crippen molar-refractivity contribution in [1.29, 1.82) is 5.41 Å². The molecular formula is C19H18N2O3S2. The van der Waals surface area contributed by atoms with Crippen LogP contribution in [-0.4, -0.2) is 27.5 Å². The fraction of sp³-hybridized carbons (Fsp3) is 0.211. The van der Waals surface area contributed by atoms with E-state index in [9.17, 15) is 9.90 Å². The number of thioether (sulfide) groups is 1. The van der Waals surface area contributed by atoms with Crippen LogP contribution in [0.4, 0.5) is 0 Å². The largest absolute Gasteiger partial charge is 0.504 e. The van der Waals surface area contributed by atoms with Crippen molar-refractivity contribution in [2.45, 2.75) is 19.3 Å². The monoisotopic (exact) mass is 386 g/mol. The quantitative estimate of drug-likeness (QED) is 0.568. The van der Waals surface area contributed by atoms with E-state index in [0.717, 1.165) is 17.3 Å². The second-order valence-electron chi connectivity index (χ2n) is 5.60. The van der Waals surface area contributed by atoms with Crippen LogP contribution >= 0.6 is 23.1 Å². The molecule has 1 aromatic heterocycles. The normalized spacial score (nSPS) is 18.5. The number of carbonyl (C=O) groups excluding carboxylic acids is 1. The van der Waals surface area contributed by atoms with Crippen LogP contribution in [0.5, 0.6) is 11.5 Å². The van der Waals surface area contributed by atoms with E-state index in [1.54, 1.807) is 35.9 Å². The van der Waals surface area contributed by atoms with Gasteiger partial charge in [0.2, 0.25) is 0 Å². The van der Waals surface area contributed by atoms with Gasteiger partial charge in [-0.05, 0) is 37.1 Å². The molecule has 5 nitrogen and oxygen atoms in total. The summed E-state index contributed by atoms with van der Waals surface area (Å²) in [6.07, 6.45) is 5.57. The molecule has 0 bridgehead atoms. The lowest BCUT2D eigenvalue weighted by Gasteiger charge is -2.11. The van der Waals surface area contributed by atoms with Gasteiger partial charge in [0.1, 0.15) is 10.9 Å². The molecule has 1 saturated heterocycles. The maximum atomic E-state index is 12.7. The van der Waals surface area contributed by atoms with Gasteiger partial charge in [-0.2, -0.15) is 0 Å². The Morgan fingerprint density at radius 1 is 1.46 bits per heavy atom. The molecule has 2 N–H and O–H groups in total. The Morgan fingerprint density at radius 3 is 2.92 bits per heavy atom. The lowest BCUT2D eigenvalue weighted by atomic mass is 10.0. The van der Waals surface area contributed by atoms with Crippen molar-refractivity contribution in [1.82, 2.24) is 4.98 Å². The average molecular weight is 386 g/mol. The van der Waals surface area contributed by atoms with Crippen LogP contribution in [0.1, 0.15) is 29.0 Å². The number of carbonyl (C=O) groups is 1. The Labute approximate surface area is 159 Å². The maximum absolute atomic E-state index is 12.7. The number of aromatic hydroxyl groups is 1. The third-order valence-corrected chi connectivity index (χ3v) is 5.66. The van der Waals surface area contributed by atoms with Crippen LogP contribution in [0.25, 0.3) is 6.08 Å². The van der Waals surface area contributed by atoms with Gasteiger partial charge in [0.05, 0.1) is 16.6 Å². The third-order valence-electron chi connectivity index (χ3n) is 3.82. The van der Waals surface area contributed by atoms with Crippen molar-refractivity contribution in [2.24, 2.45) is 0 Å². The molecule has 134 valence electrons. The molecular weight excluding hydrogens is 368 g/mol. The molecule has 1 aliphatic heterocycles. The van der Waals surface area contributed by atoms with E-state index in [0.29, 0.717) is 34.3 Å². The number of nitrogens with zero attached hydrogens (tertiary/aromatic N) is 1. The number of phenolic OH excluding ortho intramolecular Hbond substituents is 1. The zero-order chi connectivity index (χ0) is 18.7. The highest BCUT2D eigenvalue weighted by atomic mass is 32.2. The highest BCUT2D eigenvalue weighted by Gasteiger charge is 2.38. The number of phenols is 1. The molecule has 1 aromatic carbocycles. The lowest BCUT2D eigenvalue weighted by Crippen LogP contribution is -2.11. The summed E-state index contributed by atoms with van der Waals surface area (Å²) in [5.74, 6) is -0.262. The number of thiazole rings is 1. The molecule has 0 saturated carbocycles. The number of ketones is 1. The Bertz CT molecular complexity index is 888. The lowest BCUT2D eigenvalue weighted by molar-refractivity contribution is -0.114. The summed E-state index contributed by atoms with van der Waals surface area (Å²) in [5, 5.41) is 21.2. The molecule has 2 heterocycles. The first kappa shape index (κ1) is 18.4. The van der Waals surface area contributed by atoms with Crippen LogP contribution in [0, 0.1) is 5.41 Å². The zero-order valence-corrected chi connectivity index (χ0v) is 15.8. The number of ether oxygens (including phenoxy) is 1. The van der Waals surface area contributed by atoms with Crippen LogP contribution in [0.2, 0.25) is 0 Å². The number of Topliss-reactive ketones (excluding diaryl/α,β-unsaturated/α-hetero) is 1. The minimum Gasteiger partial charge on any atom is -0.504 e. The van der Waals surface area contributed by atoms with Gasteiger partial charge in [-0.25, -0.2) is 4.98 Å². The number of rotatable bonds is 6. The van der Waals surface area contributed by atoms with Crippen molar-refractivity contribution in [3.8, 4) is 11.5 Å². The Kier molecular flexibility index (Phi) is 5.58. The second kappa shape index (κ2) is 7.88. The van der Waals surface area contributed by atoms with E-state index in [1.807, 2.05) is 6.92 Å². The van der Waals surface area contributed by atoms with Crippen LogP contribution < -0.4 is 4.74 Å². The Hall–Kier alpha value is -2.38. The number of allylic oxidation sites excluding steroid dienone is 2. The van der Waals surface area contributed by atoms with Gasteiger partial charge >= 0.3 is 0 Å². The van der Waals surface area contributed by atoms with Gasteiger partial charge in [0.15, 0.2) is 17.3 Å². The van der Waals surface area contributed by atoms with Crippen LogP contribution in [-0.2, 0) is 11.2 Å². The third kappa shape index (κ3) is 3.59. The van der Waals surface area contributed by atoms with Crippen molar-refractivity contribution in [2.75, 3.05) is 6.61 Å². The van der Waals surface area contributed by atoms with Crippen molar-refractivity contribution in [3.05, 3.63) is 57.4 Å². The first-order chi connectivity index (χ1) is 12.5. The predicted molar refractivity (Wildman–Crippen MR) is 106 cm³/mol. The number of hydrogen-bond acceptors (Lipinski definition) is 7. The van der Waals surface area contributed by atoms with Crippen LogP contribution in [0.3, 0.4) is 0 Å². The van der Waals surface area contributed by atoms with E-state index in [1.165, 1.54) is 11.3 Å². The van der Waals surface area contributed by atoms with E-state index >= 15 is 0 Å². The van der Waals surface area contributed by atoms with Gasteiger partial charge in [-0.1, -0.05) is 17.8 Å². The minimum absolute atomic E-state index is 0.0905. The summed E-state index contributed by atoms with van der Waals surface area (Å²) >= 11 is 2.53. The van der Waals surface area contributed by atoms with E-state index in [2.05, 4.69) is 11.6 Å². The summed E-state index contributed by atoms with van der Waals surface area (Å²) < 4.78 is 5.50. The number of nitrogens with one attached hydrogen (secondary N) is 1. The molecule has 0 aliphatic carbocycles. The molecule has 2 aromatic rings. The minimum atomic E-state index is -0.609. The molecule has 0 spiro atoms. The van der Waals surface area contributed by atoms with Crippen molar-refractivity contribution < 1.29 is 14.6 Å². The van der Waals surface area contributed by atoms with Gasteiger partial charge in [-0.15, -0.1) is 17.9 Å². The smallest absolute Gasteiger partial charge is 0.186 e. The standard InChI is InChI=1S/C19H18N2O3S2/c1-3-5-12-8-11(9-13(16(12)22)24-4-2)10-14-17(23)15(18(20)26-14)19-21-6-7-25-19/h3,6-10,15,20,22H,1,4-5H2,2H3/b14-10-,20-18?/t15-/m0/s1. The van der Waals surface area contributed by atoms with Crippen molar-refractivity contribution in [3.63, 3.8) is 0 Å². The summed E-state index contributed by atoms with van der Waals surface area (Å²) in [4.78, 5) is 17.4. The van der Waals surface area contributed by atoms with Gasteiger partial charge in [-0.3, -0.25) is 10.2 Å². The summed E-state index contributed by atoms with van der Waals surface area (Å²) in [5.41, 5.74) is 1.42. The van der Waals surface area contributed by atoms with Crippen LogP contribution in [0.15, 0.2) is 41.3 Å². The van der Waals surface area contributed by atoms with E-state index < -0.39 is 5.92 Å². The fourth-order valence-corrected chi connectivity index (χ4v) is 4.50. The van der Waals surface area contributed by atoms with Gasteiger partial charge in [0.25, 0.3) is 0 Å². The molecule has 0 radical (unpaired) electrons. The zero-order valence-electron chi connectivity index (χ0n) is 14.2. The molecule has 7 heteroatoms. The highest BCUT2D eigenvalue weighted by Crippen LogP contribution is 2.42. The molecule has 1 atom stereocenters. The average Bonchev–Trinajstić information content (AvgIpc) is 3.21. The topological polar surface area (TPSA) is 83.3 Å². The molecule has 0 amide bonds. The number of benzene rings is 1. The second-order valence-corrected chi connectivity index (χ2v) is 7.61. The molecule has 1 fully saturated rings. The maximum Gasteiger partial charge on any atom is 0.186 e. The molecule has 26 heavy (non-hydrogen) atoms. The highest BCUT2D eigenvalue weighted by molar-refractivity contribution is 8.19. The van der Waals surface area contributed by atoms with Gasteiger partial charge < -0.3 is 9.84 Å². The Morgan fingerprint density at radius 2 is 2.27 bits per heavy atom. The Balaban J connectivity index is 1.98. The predicted octanol–water partition coefficient (Wildman–Crippen LogP) is 4.39. The molecule has 3 rings (SSSR count). The first-order valence-corrected chi connectivity index (χ1v) is 9.76.